The topological polar surface area (TPSA) is 86.8 Å². The van der Waals surface area contributed by atoms with E-state index in [4.69, 9.17) is 0 Å². The van der Waals surface area contributed by atoms with Gasteiger partial charge < -0.3 is 10.2 Å². The Labute approximate surface area is 245 Å². The van der Waals surface area contributed by atoms with E-state index in [1.54, 1.807) is 36.4 Å². The van der Waals surface area contributed by atoms with Gasteiger partial charge in [-0.15, -0.1) is 0 Å². The van der Waals surface area contributed by atoms with Crippen molar-refractivity contribution in [2.75, 3.05) is 17.4 Å². The molecule has 8 heteroatoms. The Hall–Kier alpha value is -3.65. The molecule has 3 aromatic carbocycles. The molecule has 7 nitrogen and oxygen atoms in total. The van der Waals surface area contributed by atoms with Crippen molar-refractivity contribution in [3.8, 4) is 0 Å². The molecule has 0 aromatic heterocycles. The van der Waals surface area contributed by atoms with Gasteiger partial charge in [-0.2, -0.15) is 0 Å². The van der Waals surface area contributed by atoms with Crippen LogP contribution in [0.15, 0.2) is 71.6 Å². The van der Waals surface area contributed by atoms with Gasteiger partial charge in [0.15, 0.2) is 0 Å². The van der Waals surface area contributed by atoms with Crippen LogP contribution in [0.5, 0.6) is 0 Å². The van der Waals surface area contributed by atoms with Crippen molar-refractivity contribution in [3.05, 3.63) is 94.5 Å². The number of aryl methyl sites for hydroxylation is 4. The summed E-state index contributed by atoms with van der Waals surface area (Å²) < 4.78 is 29.2. The molecule has 0 aliphatic heterocycles. The van der Waals surface area contributed by atoms with Gasteiger partial charge in [-0.25, -0.2) is 8.42 Å². The molecule has 0 aliphatic rings. The van der Waals surface area contributed by atoms with Crippen LogP contribution in [0.2, 0.25) is 0 Å². The first-order valence-corrected chi connectivity index (χ1v) is 15.7. The molecule has 0 saturated heterocycles. The average Bonchev–Trinajstić information content (AvgIpc) is 2.93. The molecule has 0 heterocycles. The maximum Gasteiger partial charge on any atom is 0.264 e. The molecule has 41 heavy (non-hydrogen) atoms. The van der Waals surface area contributed by atoms with Gasteiger partial charge in [-0.1, -0.05) is 73.9 Å². The minimum absolute atomic E-state index is 0.101. The molecule has 1 unspecified atom stereocenters. The highest BCUT2D eigenvalue weighted by Crippen LogP contribution is 2.27. The molecule has 0 fully saturated rings. The summed E-state index contributed by atoms with van der Waals surface area (Å²) in [5.41, 5.74) is 5.17. The molecule has 0 spiro atoms. The number of nitrogens with one attached hydrogen (secondary N) is 1. The van der Waals surface area contributed by atoms with Crippen molar-refractivity contribution in [2.24, 2.45) is 0 Å². The lowest BCUT2D eigenvalue weighted by molar-refractivity contribution is -0.140. The Bertz CT molecular complexity index is 1450. The Morgan fingerprint density at radius 1 is 0.854 bits per heavy atom. The lowest BCUT2D eigenvalue weighted by atomic mass is 10.1. The van der Waals surface area contributed by atoms with E-state index >= 15 is 0 Å². The summed E-state index contributed by atoms with van der Waals surface area (Å²) in [5, 5.41) is 2.96. The smallest absolute Gasteiger partial charge is 0.264 e. The predicted octanol–water partition coefficient (Wildman–Crippen LogP) is 5.84. The molecule has 0 saturated carbocycles. The molecule has 2 amide bonds. The van der Waals surface area contributed by atoms with E-state index in [1.165, 1.54) is 4.90 Å². The summed E-state index contributed by atoms with van der Waals surface area (Å²) in [7, 11) is -4.09. The number of hydrogen-bond donors (Lipinski definition) is 1. The SMILES string of the molecule is CCCCNC(=O)C(CC)N(Cc1cccc(C)c1)C(=O)CN(c1ccc(C)c(C)c1)S(=O)(=O)c1ccc(C)cc1. The zero-order chi connectivity index (χ0) is 30.2. The minimum atomic E-state index is -4.09. The van der Waals surface area contributed by atoms with E-state index in [2.05, 4.69) is 5.32 Å². The van der Waals surface area contributed by atoms with Crippen LogP contribution in [-0.2, 0) is 26.2 Å². The van der Waals surface area contributed by atoms with E-state index in [0.29, 0.717) is 18.7 Å². The number of carbonyl (C=O) groups is 2. The zero-order valence-corrected chi connectivity index (χ0v) is 25.9. The van der Waals surface area contributed by atoms with Crippen molar-refractivity contribution in [1.29, 1.82) is 0 Å². The fourth-order valence-corrected chi connectivity index (χ4v) is 6.09. The van der Waals surface area contributed by atoms with E-state index < -0.39 is 28.5 Å². The van der Waals surface area contributed by atoms with Gasteiger partial charge in [0.25, 0.3) is 10.0 Å². The third-order valence-electron chi connectivity index (χ3n) is 7.32. The van der Waals surface area contributed by atoms with Gasteiger partial charge in [0.1, 0.15) is 12.6 Å². The molecule has 220 valence electrons. The molecule has 0 aliphatic carbocycles. The highest BCUT2D eigenvalue weighted by Gasteiger charge is 2.33. The van der Waals surface area contributed by atoms with Crippen molar-refractivity contribution in [2.45, 2.75) is 78.3 Å². The standard InChI is InChI=1S/C33H43N3O4S/c1-7-9-19-34-33(38)31(8-2)35(22-28-12-10-11-25(4)20-28)32(37)23-36(29-16-15-26(5)27(6)21-29)41(39,40)30-17-13-24(3)14-18-30/h10-18,20-21,31H,7-9,19,22-23H2,1-6H3,(H,34,38). The largest absolute Gasteiger partial charge is 0.354 e. The highest BCUT2D eigenvalue weighted by atomic mass is 32.2. The molecule has 1 N–H and O–H groups in total. The van der Waals surface area contributed by atoms with E-state index in [-0.39, 0.29) is 17.3 Å². The summed E-state index contributed by atoms with van der Waals surface area (Å²) in [6.07, 6.45) is 2.16. The number of sulfonamides is 1. The van der Waals surface area contributed by atoms with Crippen LogP contribution in [0.4, 0.5) is 5.69 Å². The normalized spacial score (nSPS) is 12.0. The van der Waals surface area contributed by atoms with Crippen LogP contribution in [0.25, 0.3) is 0 Å². The maximum atomic E-state index is 14.2. The summed E-state index contributed by atoms with van der Waals surface area (Å²) >= 11 is 0. The monoisotopic (exact) mass is 577 g/mol. The fourth-order valence-electron chi connectivity index (χ4n) is 4.68. The van der Waals surface area contributed by atoms with Crippen molar-refractivity contribution in [1.82, 2.24) is 10.2 Å². The molecular weight excluding hydrogens is 534 g/mol. The number of benzene rings is 3. The third-order valence-corrected chi connectivity index (χ3v) is 9.11. The van der Waals surface area contributed by atoms with Gasteiger partial charge in [-0.05, 0) is 81.5 Å². The van der Waals surface area contributed by atoms with Gasteiger partial charge >= 0.3 is 0 Å². The first-order valence-electron chi connectivity index (χ1n) is 14.3. The Balaban J connectivity index is 2.06. The average molecular weight is 578 g/mol. The first kappa shape index (κ1) is 31.9. The second-order valence-electron chi connectivity index (χ2n) is 10.7. The second kappa shape index (κ2) is 14.3. The number of nitrogens with zero attached hydrogens (tertiary/aromatic N) is 2. The van der Waals surface area contributed by atoms with E-state index in [0.717, 1.165) is 45.0 Å². The Kier molecular flexibility index (Phi) is 11.1. The number of amides is 2. The summed E-state index contributed by atoms with van der Waals surface area (Å²) in [6.45, 7) is 11.9. The lowest BCUT2D eigenvalue weighted by Gasteiger charge is -2.33. The van der Waals surface area contributed by atoms with Crippen LogP contribution >= 0.6 is 0 Å². The van der Waals surface area contributed by atoms with Crippen LogP contribution in [0, 0.1) is 27.7 Å². The molecule has 0 radical (unpaired) electrons. The quantitative estimate of drug-likeness (QED) is 0.259. The van der Waals surface area contributed by atoms with Crippen molar-refractivity contribution in [3.63, 3.8) is 0 Å². The predicted molar refractivity (Wildman–Crippen MR) is 165 cm³/mol. The maximum absolute atomic E-state index is 14.2. The zero-order valence-electron chi connectivity index (χ0n) is 25.1. The van der Waals surface area contributed by atoms with Crippen molar-refractivity contribution < 1.29 is 18.0 Å². The van der Waals surface area contributed by atoms with Crippen LogP contribution in [0.1, 0.15) is 60.9 Å². The number of unbranched alkanes of at least 4 members (excludes halogenated alkanes) is 1. The van der Waals surface area contributed by atoms with Gasteiger partial charge in [0.2, 0.25) is 11.8 Å². The van der Waals surface area contributed by atoms with Crippen molar-refractivity contribution >= 4 is 27.5 Å². The number of hydrogen-bond acceptors (Lipinski definition) is 4. The van der Waals surface area contributed by atoms with Crippen LogP contribution in [0.3, 0.4) is 0 Å². The molecule has 3 rings (SSSR count). The highest BCUT2D eigenvalue weighted by molar-refractivity contribution is 7.92. The Morgan fingerprint density at radius 3 is 2.17 bits per heavy atom. The van der Waals surface area contributed by atoms with Crippen LogP contribution < -0.4 is 9.62 Å². The number of anilines is 1. The minimum Gasteiger partial charge on any atom is -0.354 e. The summed E-state index contributed by atoms with van der Waals surface area (Å²) in [6, 6.07) is 19.0. The second-order valence-corrected chi connectivity index (χ2v) is 12.5. The van der Waals surface area contributed by atoms with Crippen LogP contribution in [-0.4, -0.2) is 44.3 Å². The van der Waals surface area contributed by atoms with Gasteiger partial charge in [-0.3, -0.25) is 13.9 Å². The molecular formula is C33H43N3O4S. The summed E-state index contributed by atoms with van der Waals surface area (Å²) in [5.74, 6) is -0.681. The van der Waals surface area contributed by atoms with E-state index in [1.807, 2.05) is 71.9 Å². The van der Waals surface area contributed by atoms with Gasteiger partial charge in [0, 0.05) is 13.1 Å². The molecule has 3 aromatic rings. The van der Waals surface area contributed by atoms with E-state index in [9.17, 15) is 18.0 Å². The van der Waals surface area contributed by atoms with Gasteiger partial charge in [0.05, 0.1) is 10.6 Å². The first-order chi connectivity index (χ1) is 19.5. The lowest BCUT2D eigenvalue weighted by Crippen LogP contribution is -2.52. The summed E-state index contributed by atoms with van der Waals surface area (Å²) in [4.78, 5) is 29.1. The number of carbonyl (C=O) groups excluding carboxylic acids is 2. The fraction of sp³-hybridized carbons (Fsp3) is 0.394. The molecule has 0 bridgehead atoms. The number of rotatable bonds is 13. The third kappa shape index (κ3) is 8.19. The molecule has 1 atom stereocenters. The Morgan fingerprint density at radius 2 is 1.56 bits per heavy atom.